The molecule has 0 radical (unpaired) electrons. The number of rotatable bonds is 6. The van der Waals surface area contributed by atoms with Gasteiger partial charge < -0.3 is 35.0 Å². The maximum Gasteiger partial charge on any atom is 0.236 e. The van der Waals surface area contributed by atoms with E-state index in [0.29, 0.717) is 28.9 Å². The zero-order valence-electron chi connectivity index (χ0n) is 21.8. The Morgan fingerprint density at radius 1 is 0.829 bits per heavy atom. The zero-order chi connectivity index (χ0) is 28.3. The molecule has 5 aliphatic heterocycles. The third-order valence-corrected chi connectivity index (χ3v) is 9.37. The second-order valence-corrected chi connectivity index (χ2v) is 11.5. The number of fused-ring (bicyclic) bond motifs is 10. The van der Waals surface area contributed by atoms with Crippen molar-refractivity contribution < 1.29 is 39.8 Å². The van der Waals surface area contributed by atoms with Crippen LogP contribution in [0.2, 0.25) is 0 Å². The third kappa shape index (κ3) is 3.11. The van der Waals surface area contributed by atoms with Crippen molar-refractivity contribution in [1.29, 1.82) is 0 Å². The highest BCUT2D eigenvalue weighted by Crippen LogP contribution is 2.58. The molecule has 4 bridgehead atoms. The number of benzene rings is 2. The number of carbonyl (C=O) groups is 1. The smallest absolute Gasteiger partial charge is 0.236 e. The summed E-state index contributed by atoms with van der Waals surface area (Å²) in [6.07, 6.45) is 5.69. The van der Waals surface area contributed by atoms with Gasteiger partial charge >= 0.3 is 0 Å². The Morgan fingerprint density at radius 2 is 1.51 bits per heavy atom. The van der Waals surface area contributed by atoms with Crippen LogP contribution in [-0.2, 0) is 26.3 Å². The van der Waals surface area contributed by atoms with Crippen molar-refractivity contribution in [1.82, 2.24) is 4.57 Å². The van der Waals surface area contributed by atoms with E-state index in [2.05, 4.69) is 0 Å². The fraction of sp³-hybridized carbons (Fsp3) is 0.323. The molecule has 1 amide bonds. The van der Waals surface area contributed by atoms with Gasteiger partial charge in [0.25, 0.3) is 0 Å². The second kappa shape index (κ2) is 8.31. The van der Waals surface area contributed by atoms with Crippen molar-refractivity contribution in [3.63, 3.8) is 0 Å². The molecular formula is C31H28N2O8. The first kappa shape index (κ1) is 24.8. The number of ether oxygens (including phenoxy) is 2. The molecule has 0 spiro atoms. The van der Waals surface area contributed by atoms with Gasteiger partial charge in [-0.3, -0.25) is 14.3 Å². The molecule has 5 aliphatic rings. The van der Waals surface area contributed by atoms with Crippen molar-refractivity contribution >= 4 is 11.6 Å². The van der Waals surface area contributed by atoms with E-state index < -0.39 is 41.5 Å². The van der Waals surface area contributed by atoms with Gasteiger partial charge in [0, 0.05) is 11.6 Å². The Bertz CT molecular complexity index is 1640. The third-order valence-electron chi connectivity index (χ3n) is 9.37. The molecule has 10 nitrogen and oxygen atoms in total. The van der Waals surface area contributed by atoms with Crippen LogP contribution in [0.5, 0.6) is 11.8 Å². The molecule has 2 saturated heterocycles. The lowest BCUT2D eigenvalue weighted by molar-refractivity contribution is -0.126. The topological polar surface area (TPSA) is 145 Å². The zero-order valence-corrected chi connectivity index (χ0v) is 21.8. The van der Waals surface area contributed by atoms with Gasteiger partial charge in [0.2, 0.25) is 17.7 Å². The van der Waals surface area contributed by atoms with E-state index in [9.17, 15) is 30.3 Å². The average molecular weight is 557 g/mol. The first-order valence-electron chi connectivity index (χ1n) is 13.6. The van der Waals surface area contributed by atoms with Crippen molar-refractivity contribution in [2.45, 2.75) is 36.1 Å². The maximum absolute atomic E-state index is 13.3. The molecule has 7 unspecified atom stereocenters. The molecule has 0 aliphatic carbocycles. The fourth-order valence-corrected chi connectivity index (χ4v) is 7.41. The van der Waals surface area contributed by atoms with E-state index in [-0.39, 0.29) is 30.9 Å². The van der Waals surface area contributed by atoms with Crippen molar-refractivity contribution in [2.75, 3.05) is 18.1 Å². The van der Waals surface area contributed by atoms with Crippen molar-refractivity contribution in [2.24, 2.45) is 11.8 Å². The molecule has 41 heavy (non-hydrogen) atoms. The minimum atomic E-state index is -1.14. The molecule has 0 saturated carbocycles. The van der Waals surface area contributed by atoms with Crippen LogP contribution < -0.4 is 4.90 Å². The summed E-state index contributed by atoms with van der Waals surface area (Å²) < 4.78 is 13.0. The molecule has 8 rings (SSSR count). The van der Waals surface area contributed by atoms with E-state index in [0.717, 1.165) is 11.1 Å². The number of aliphatic hydroxyl groups excluding tert-OH is 3. The van der Waals surface area contributed by atoms with Crippen LogP contribution >= 0.6 is 0 Å². The summed E-state index contributed by atoms with van der Waals surface area (Å²) in [5.41, 5.74) is 1.80. The first-order valence-corrected chi connectivity index (χ1v) is 13.6. The number of carbonyl (C=O) groups excluding carboxylic acids is 1. The summed E-state index contributed by atoms with van der Waals surface area (Å²) in [6, 6.07) is 14.9. The van der Waals surface area contributed by atoms with Gasteiger partial charge in [-0.1, -0.05) is 42.5 Å². The maximum atomic E-state index is 13.3. The Balaban J connectivity index is 1.01. The lowest BCUT2D eigenvalue weighted by atomic mass is 9.77. The highest BCUT2D eigenvalue weighted by molar-refractivity contribution is 6.00. The summed E-state index contributed by atoms with van der Waals surface area (Å²) in [4.78, 5) is 14.7. The van der Waals surface area contributed by atoms with E-state index in [1.165, 1.54) is 9.47 Å². The lowest BCUT2D eigenvalue weighted by Gasteiger charge is -2.27. The van der Waals surface area contributed by atoms with Crippen molar-refractivity contribution in [3.8, 4) is 17.4 Å². The highest BCUT2D eigenvalue weighted by Gasteiger charge is 2.67. The van der Waals surface area contributed by atoms with E-state index in [1.807, 2.05) is 42.5 Å². The summed E-state index contributed by atoms with van der Waals surface area (Å²) in [7, 11) is 0. The summed E-state index contributed by atoms with van der Waals surface area (Å²) in [5, 5.41) is 52.8. The highest BCUT2D eigenvalue weighted by atomic mass is 16.5. The molecule has 2 aromatic carbocycles. The number of aromatic hydroxyl groups is 2. The first-order chi connectivity index (χ1) is 19.8. The van der Waals surface area contributed by atoms with Crippen molar-refractivity contribution in [3.05, 3.63) is 95.1 Å². The summed E-state index contributed by atoms with van der Waals surface area (Å²) >= 11 is 0. The minimum absolute atomic E-state index is 0.117. The van der Waals surface area contributed by atoms with Gasteiger partial charge in [-0.05, 0) is 47.9 Å². The van der Waals surface area contributed by atoms with Gasteiger partial charge in [0.05, 0.1) is 42.0 Å². The van der Waals surface area contributed by atoms with E-state index in [4.69, 9.17) is 9.47 Å². The lowest BCUT2D eigenvalue weighted by Crippen LogP contribution is -2.43. The Morgan fingerprint density at radius 3 is 2.17 bits per heavy atom. The molecule has 1 aromatic heterocycles. The van der Waals surface area contributed by atoms with Gasteiger partial charge in [-0.15, -0.1) is 0 Å². The molecule has 3 aromatic rings. The number of nitrogens with zero attached hydrogens (tertiary/aromatic N) is 2. The van der Waals surface area contributed by atoms with Crippen LogP contribution in [0.3, 0.4) is 0 Å². The van der Waals surface area contributed by atoms with Crippen LogP contribution in [-0.4, -0.2) is 67.2 Å². The Hall–Kier alpha value is -3.93. The van der Waals surface area contributed by atoms with Crippen LogP contribution in [0.4, 0.5) is 5.69 Å². The fourth-order valence-electron chi connectivity index (χ4n) is 7.41. The predicted octanol–water partition coefficient (Wildman–Crippen LogP) is 1.91. The number of anilines is 1. The summed E-state index contributed by atoms with van der Waals surface area (Å²) in [6.45, 7) is -0.657. The van der Waals surface area contributed by atoms with Gasteiger partial charge in [0.1, 0.15) is 23.5 Å². The largest absolute Gasteiger partial charge is 0.494 e. The van der Waals surface area contributed by atoms with Gasteiger partial charge in [-0.2, -0.15) is 0 Å². The number of aromatic nitrogens is 1. The molecule has 2 fully saturated rings. The molecule has 5 N–H and O–H groups in total. The molecule has 6 heterocycles. The number of hydrogen-bond donors (Lipinski definition) is 5. The van der Waals surface area contributed by atoms with E-state index >= 15 is 0 Å². The van der Waals surface area contributed by atoms with Crippen LogP contribution in [0.15, 0.2) is 72.8 Å². The van der Waals surface area contributed by atoms with Gasteiger partial charge in [-0.25, -0.2) is 0 Å². The SMILES string of the molecule is O=C1C2C(C3C=CC2(CO)O3)C(O)N1c1ccc(Cc2ccc(-n3c(O)c4c(c3O)C3(CO)C=CC4O3)cc2)cc1. The Labute approximate surface area is 234 Å². The molecular weight excluding hydrogens is 528 g/mol. The van der Waals surface area contributed by atoms with Crippen LogP contribution in [0.1, 0.15) is 28.4 Å². The number of aliphatic hydroxyl groups is 3. The molecule has 10 heteroatoms. The van der Waals surface area contributed by atoms with Crippen LogP contribution in [0.25, 0.3) is 5.69 Å². The predicted molar refractivity (Wildman–Crippen MR) is 144 cm³/mol. The normalized spacial score (nSPS) is 33.8. The summed E-state index contributed by atoms with van der Waals surface area (Å²) in [5.74, 6) is -1.58. The monoisotopic (exact) mass is 556 g/mol. The quantitative estimate of drug-likeness (QED) is 0.290. The Kier molecular flexibility index (Phi) is 5.03. The minimum Gasteiger partial charge on any atom is -0.494 e. The molecule has 210 valence electrons. The second-order valence-electron chi connectivity index (χ2n) is 11.5. The van der Waals surface area contributed by atoms with Crippen LogP contribution in [0, 0.1) is 11.8 Å². The standard InChI is InChI=1S/C31H28N2O8/c34-14-30-11-9-20(40-30)22-24(30)28(38)32(26(22)36)18-5-1-16(2-6-18)13-17-3-7-19(8-4-17)33-27(37)23-21-10-12-31(15-35,41-21)25(23)29(33)39/h1-12,20-22,24,26,34-37,39H,13-15H2. The van der Waals surface area contributed by atoms with Gasteiger partial charge in [0.15, 0.2) is 0 Å². The average Bonchev–Trinajstić information content (AvgIpc) is 3.82. The number of amides is 1. The van der Waals surface area contributed by atoms with E-state index in [1.54, 1.807) is 30.4 Å². The molecule has 7 atom stereocenters. The number of hydrogen-bond acceptors (Lipinski definition) is 8.